The average Bonchev–Trinajstić information content (AvgIpc) is 2.90. The van der Waals surface area contributed by atoms with Gasteiger partial charge in [-0.05, 0) is 71.1 Å². The third-order valence-corrected chi connectivity index (χ3v) is 8.42. The van der Waals surface area contributed by atoms with Gasteiger partial charge in [0.05, 0.1) is 10.6 Å². The summed E-state index contributed by atoms with van der Waals surface area (Å²) >= 11 is 3.47. The zero-order chi connectivity index (χ0) is 28.2. The zero-order valence-corrected chi connectivity index (χ0v) is 23.8. The molecule has 4 rings (SSSR count). The lowest BCUT2D eigenvalue weighted by atomic mass is 10.0. The van der Waals surface area contributed by atoms with E-state index in [1.165, 1.54) is 19.1 Å². The van der Waals surface area contributed by atoms with Crippen LogP contribution in [0.5, 0.6) is 0 Å². The van der Waals surface area contributed by atoms with Crippen LogP contribution in [0.15, 0.2) is 82.3 Å². The summed E-state index contributed by atoms with van der Waals surface area (Å²) < 4.78 is 26.3. The number of hydrogen-bond acceptors (Lipinski definition) is 7. The van der Waals surface area contributed by atoms with Gasteiger partial charge >= 0.3 is 0 Å². The molecule has 0 saturated heterocycles. The van der Waals surface area contributed by atoms with Crippen molar-refractivity contribution in [1.82, 2.24) is 10.3 Å². The van der Waals surface area contributed by atoms with Gasteiger partial charge in [-0.3, -0.25) is 9.59 Å². The van der Waals surface area contributed by atoms with Crippen molar-refractivity contribution in [2.45, 2.75) is 31.3 Å². The molecule has 11 heteroatoms. The minimum Gasteiger partial charge on any atom is -0.383 e. The van der Waals surface area contributed by atoms with Crippen molar-refractivity contribution in [3.05, 3.63) is 88.5 Å². The van der Waals surface area contributed by atoms with Crippen LogP contribution < -0.4 is 21.7 Å². The van der Waals surface area contributed by atoms with Crippen molar-refractivity contribution >= 4 is 65.5 Å². The molecular formula is C28H28BrN5O4S. The Morgan fingerprint density at radius 2 is 1.79 bits per heavy atom. The van der Waals surface area contributed by atoms with Crippen molar-refractivity contribution in [3.63, 3.8) is 0 Å². The summed E-state index contributed by atoms with van der Waals surface area (Å²) in [7, 11) is -3.57. The van der Waals surface area contributed by atoms with Crippen molar-refractivity contribution in [2.75, 3.05) is 22.1 Å². The second-order valence-corrected chi connectivity index (χ2v) is 12.1. The minimum atomic E-state index is -3.57. The number of benzene rings is 3. The van der Waals surface area contributed by atoms with Crippen LogP contribution in [0.1, 0.15) is 31.0 Å². The first-order chi connectivity index (χ1) is 18.6. The van der Waals surface area contributed by atoms with Gasteiger partial charge in [0, 0.05) is 40.9 Å². The number of hydrogen-bond donors (Lipinski definition) is 4. The second-order valence-electron chi connectivity index (χ2n) is 8.89. The van der Waals surface area contributed by atoms with Gasteiger partial charge in [-0.2, -0.15) is 0 Å². The van der Waals surface area contributed by atoms with Crippen LogP contribution in [0, 0.1) is 0 Å². The van der Waals surface area contributed by atoms with Crippen LogP contribution in [0.25, 0.3) is 10.8 Å². The van der Waals surface area contributed by atoms with E-state index in [0.29, 0.717) is 28.3 Å². The molecule has 0 aliphatic carbocycles. The Labute approximate surface area is 235 Å². The first-order valence-electron chi connectivity index (χ1n) is 12.1. The standard InChI is InChI=1S/C28H28BrN5O4S/c1-3-39(37,38)25-10-8-22(33-17(2)35)15-20(25)16-32-28(36)26(19-5-4-6-21(29)13-19)34-23-7-9-24-18(14-23)11-12-31-27(24)30/h4-15,26,34H,3,16H2,1-2H3,(H2,30,31)(H,32,36)(H,33,35). The number of nitrogen functional groups attached to an aromatic ring is 1. The SMILES string of the molecule is CCS(=O)(=O)c1ccc(NC(C)=O)cc1CNC(=O)C(Nc1ccc2c(N)nccc2c1)c1cccc(Br)c1. The number of carbonyl (C=O) groups excluding carboxylic acids is 2. The quantitative estimate of drug-likeness (QED) is 0.213. The highest BCUT2D eigenvalue weighted by Gasteiger charge is 2.23. The number of pyridine rings is 1. The van der Waals surface area contributed by atoms with Crippen LogP contribution in [-0.4, -0.2) is 31.0 Å². The average molecular weight is 611 g/mol. The predicted octanol–water partition coefficient (Wildman–Crippen LogP) is 4.80. The molecule has 1 aromatic heterocycles. The topological polar surface area (TPSA) is 143 Å². The zero-order valence-electron chi connectivity index (χ0n) is 21.4. The van der Waals surface area contributed by atoms with E-state index in [2.05, 4.69) is 36.9 Å². The number of amides is 2. The number of aromatic nitrogens is 1. The molecule has 4 aromatic rings. The van der Waals surface area contributed by atoms with Gasteiger partial charge in [0.2, 0.25) is 11.8 Å². The molecule has 1 unspecified atom stereocenters. The molecule has 0 radical (unpaired) electrons. The largest absolute Gasteiger partial charge is 0.383 e. The van der Waals surface area contributed by atoms with Gasteiger partial charge < -0.3 is 21.7 Å². The van der Waals surface area contributed by atoms with Gasteiger partial charge in [0.15, 0.2) is 9.84 Å². The Bertz CT molecular complexity index is 1660. The highest BCUT2D eigenvalue weighted by atomic mass is 79.9. The van der Waals surface area contributed by atoms with Crippen LogP contribution in [0.2, 0.25) is 0 Å². The number of halogens is 1. The van der Waals surface area contributed by atoms with E-state index >= 15 is 0 Å². The molecular weight excluding hydrogens is 582 g/mol. The molecule has 3 aromatic carbocycles. The Morgan fingerprint density at radius 3 is 2.51 bits per heavy atom. The Hall–Kier alpha value is -3.96. The van der Waals surface area contributed by atoms with Gasteiger partial charge in [0.1, 0.15) is 11.9 Å². The Morgan fingerprint density at radius 1 is 1.03 bits per heavy atom. The van der Waals surface area contributed by atoms with Crippen LogP contribution in [0.4, 0.5) is 17.2 Å². The number of rotatable bonds is 9. The fourth-order valence-electron chi connectivity index (χ4n) is 4.19. The molecule has 39 heavy (non-hydrogen) atoms. The summed E-state index contributed by atoms with van der Waals surface area (Å²) in [6.07, 6.45) is 1.62. The van der Waals surface area contributed by atoms with Gasteiger partial charge in [0.25, 0.3) is 0 Å². The first kappa shape index (κ1) is 28.1. The molecule has 0 aliphatic heterocycles. The Balaban J connectivity index is 1.65. The first-order valence-corrected chi connectivity index (χ1v) is 14.6. The highest BCUT2D eigenvalue weighted by Crippen LogP contribution is 2.28. The van der Waals surface area contributed by atoms with Gasteiger partial charge in [-0.25, -0.2) is 13.4 Å². The lowest BCUT2D eigenvalue weighted by Crippen LogP contribution is -2.33. The molecule has 0 fully saturated rings. The second kappa shape index (κ2) is 11.8. The number of sulfone groups is 1. The Kier molecular flexibility index (Phi) is 8.51. The van der Waals surface area contributed by atoms with Crippen molar-refractivity contribution < 1.29 is 18.0 Å². The van der Waals surface area contributed by atoms with Crippen molar-refractivity contribution in [3.8, 4) is 0 Å². The summed E-state index contributed by atoms with van der Waals surface area (Å²) in [6.45, 7) is 2.86. The van der Waals surface area contributed by atoms with Crippen LogP contribution in [0.3, 0.4) is 0 Å². The number of anilines is 3. The maximum absolute atomic E-state index is 13.6. The van der Waals surface area contributed by atoms with E-state index in [-0.39, 0.29) is 29.0 Å². The van der Waals surface area contributed by atoms with E-state index in [4.69, 9.17) is 5.73 Å². The predicted molar refractivity (Wildman–Crippen MR) is 157 cm³/mol. The number of nitrogens with zero attached hydrogens (tertiary/aromatic N) is 1. The van der Waals surface area contributed by atoms with Crippen LogP contribution >= 0.6 is 15.9 Å². The van der Waals surface area contributed by atoms with E-state index in [0.717, 1.165) is 15.2 Å². The summed E-state index contributed by atoms with van der Waals surface area (Å²) in [5.74, 6) is -0.340. The van der Waals surface area contributed by atoms with E-state index in [1.54, 1.807) is 19.2 Å². The lowest BCUT2D eigenvalue weighted by Gasteiger charge is -2.21. The summed E-state index contributed by atoms with van der Waals surface area (Å²) in [5, 5.41) is 10.5. The van der Waals surface area contributed by atoms with Crippen LogP contribution in [-0.2, 0) is 26.0 Å². The van der Waals surface area contributed by atoms with E-state index < -0.39 is 15.9 Å². The fraction of sp³-hybridized carbons (Fsp3) is 0.179. The van der Waals surface area contributed by atoms with Crippen molar-refractivity contribution in [2.24, 2.45) is 0 Å². The third-order valence-electron chi connectivity index (χ3n) is 6.10. The fourth-order valence-corrected chi connectivity index (χ4v) is 5.72. The molecule has 0 aliphatic rings. The van der Waals surface area contributed by atoms with Gasteiger partial charge in [-0.15, -0.1) is 0 Å². The molecule has 2 amide bonds. The van der Waals surface area contributed by atoms with E-state index in [1.807, 2.05) is 48.5 Å². The number of nitrogens with one attached hydrogen (secondary N) is 3. The smallest absolute Gasteiger partial charge is 0.247 e. The summed E-state index contributed by atoms with van der Waals surface area (Å²) in [6, 6.07) is 18.5. The molecule has 0 bridgehead atoms. The molecule has 0 spiro atoms. The number of carbonyl (C=O) groups is 2. The van der Waals surface area contributed by atoms with Gasteiger partial charge in [-0.1, -0.05) is 35.0 Å². The maximum atomic E-state index is 13.6. The number of nitrogens with two attached hydrogens (primary N) is 1. The monoisotopic (exact) mass is 609 g/mol. The third kappa shape index (κ3) is 6.73. The summed E-state index contributed by atoms with van der Waals surface area (Å²) in [5.41, 5.74) is 8.18. The lowest BCUT2D eigenvalue weighted by molar-refractivity contribution is -0.122. The number of fused-ring (bicyclic) bond motifs is 1. The molecule has 0 saturated carbocycles. The molecule has 1 heterocycles. The minimum absolute atomic E-state index is 0.0626. The maximum Gasteiger partial charge on any atom is 0.247 e. The normalized spacial score (nSPS) is 12.1. The van der Waals surface area contributed by atoms with Crippen molar-refractivity contribution in [1.29, 1.82) is 0 Å². The molecule has 202 valence electrons. The molecule has 1 atom stereocenters. The molecule has 9 nitrogen and oxygen atoms in total. The summed E-state index contributed by atoms with van der Waals surface area (Å²) in [4.78, 5) is 29.4. The highest BCUT2D eigenvalue weighted by molar-refractivity contribution is 9.10. The van der Waals surface area contributed by atoms with E-state index in [9.17, 15) is 18.0 Å². The molecule has 5 N–H and O–H groups in total.